The number of hydrogen-bond acceptors (Lipinski definition) is 6. The molecule has 3 aromatic rings. The quantitative estimate of drug-likeness (QED) is 0.564. The molecule has 0 unspecified atom stereocenters. The summed E-state index contributed by atoms with van der Waals surface area (Å²) in [4.78, 5) is 29.7. The van der Waals surface area contributed by atoms with E-state index in [1.54, 1.807) is 33.3 Å². The van der Waals surface area contributed by atoms with E-state index in [4.69, 9.17) is 13.9 Å². The number of ether oxygens (including phenoxy) is 2. The third-order valence-electron chi connectivity index (χ3n) is 6.70. The predicted molar refractivity (Wildman–Crippen MR) is 125 cm³/mol. The van der Waals surface area contributed by atoms with Crippen LogP contribution in [0.15, 0.2) is 65.3 Å². The molecule has 0 radical (unpaired) electrons. The summed E-state index contributed by atoms with van der Waals surface area (Å²) >= 11 is 0. The van der Waals surface area contributed by atoms with Crippen molar-refractivity contribution in [1.29, 1.82) is 0 Å². The number of hydrogen-bond donors (Lipinski definition) is 1. The zero-order valence-electron chi connectivity index (χ0n) is 19.4. The maximum atomic E-state index is 13.4. The van der Waals surface area contributed by atoms with Crippen LogP contribution in [0.25, 0.3) is 0 Å². The molecule has 2 aliphatic heterocycles. The molecule has 5 rings (SSSR count). The first-order valence-corrected chi connectivity index (χ1v) is 11.2. The normalized spacial score (nSPS) is 22.4. The number of nitrogens with one attached hydrogen (secondary N) is 1. The molecule has 0 bridgehead atoms. The van der Waals surface area contributed by atoms with E-state index in [1.165, 1.54) is 11.2 Å². The van der Waals surface area contributed by atoms with Crippen LogP contribution in [0.1, 0.15) is 35.4 Å². The number of imide groups is 1. The Bertz CT molecular complexity index is 1210. The van der Waals surface area contributed by atoms with Crippen molar-refractivity contribution in [1.82, 2.24) is 15.1 Å². The molecule has 1 aromatic heterocycles. The fourth-order valence-corrected chi connectivity index (χ4v) is 4.91. The topological polar surface area (TPSA) is 84.2 Å². The number of carbonyl (C=O) groups is 2. The Labute approximate surface area is 198 Å². The Hall–Kier alpha value is -3.78. The smallest absolute Gasteiger partial charge is 0.326 e. The second kappa shape index (κ2) is 8.53. The number of carbonyl (C=O) groups excluding carboxylic acids is 2. The lowest BCUT2D eigenvalue weighted by molar-refractivity contribution is -0.133. The van der Waals surface area contributed by atoms with Crippen molar-refractivity contribution in [3.63, 3.8) is 0 Å². The van der Waals surface area contributed by atoms with Gasteiger partial charge in [0.05, 0.1) is 33.2 Å². The van der Waals surface area contributed by atoms with E-state index >= 15 is 0 Å². The zero-order valence-corrected chi connectivity index (χ0v) is 19.4. The second-order valence-corrected chi connectivity index (χ2v) is 8.69. The molecule has 0 spiro atoms. The average Bonchev–Trinajstić information content (AvgIpc) is 3.48. The molecule has 8 nitrogen and oxygen atoms in total. The van der Waals surface area contributed by atoms with Crippen molar-refractivity contribution >= 4 is 11.9 Å². The highest BCUT2D eigenvalue weighted by molar-refractivity contribution is 6.06. The lowest BCUT2D eigenvalue weighted by Crippen LogP contribution is -2.47. The monoisotopic (exact) mass is 461 g/mol. The molecule has 1 N–H and O–H groups in total. The highest BCUT2D eigenvalue weighted by Crippen LogP contribution is 2.41. The lowest BCUT2D eigenvalue weighted by atomic mass is 9.88. The van der Waals surface area contributed by atoms with Crippen LogP contribution in [0.2, 0.25) is 0 Å². The van der Waals surface area contributed by atoms with Gasteiger partial charge in [-0.1, -0.05) is 30.3 Å². The summed E-state index contributed by atoms with van der Waals surface area (Å²) in [5.74, 6) is 1.40. The summed E-state index contributed by atoms with van der Waals surface area (Å²) in [5.41, 5.74) is 2.06. The molecule has 2 aromatic carbocycles. The maximum Gasteiger partial charge on any atom is 0.326 e. The Balaban J connectivity index is 1.52. The Kier molecular flexibility index (Phi) is 5.53. The first-order chi connectivity index (χ1) is 16.5. The molecule has 3 amide bonds. The standard InChI is InChI=1S/C26H27N3O5/c1-26(22-10-7-13-34-22)24(30)29(25(31)27-26)16-28-12-11-18-14-20(32-2)21(33-3)15-19(18)23(28)17-8-5-4-6-9-17/h4-10,13-15,23H,11-12,16H2,1-3H3,(H,27,31)/t23-,26-/m1/s1. The minimum absolute atomic E-state index is 0.147. The van der Waals surface area contributed by atoms with Crippen molar-refractivity contribution in [2.24, 2.45) is 0 Å². The highest BCUT2D eigenvalue weighted by atomic mass is 16.5. The summed E-state index contributed by atoms with van der Waals surface area (Å²) in [6.45, 7) is 2.48. The van der Waals surface area contributed by atoms with Crippen LogP contribution in [-0.2, 0) is 16.8 Å². The van der Waals surface area contributed by atoms with Gasteiger partial charge in [0.15, 0.2) is 17.0 Å². The minimum Gasteiger partial charge on any atom is -0.493 e. The number of amides is 3. The fourth-order valence-electron chi connectivity index (χ4n) is 4.91. The average molecular weight is 462 g/mol. The summed E-state index contributed by atoms with van der Waals surface area (Å²) in [7, 11) is 3.24. The van der Waals surface area contributed by atoms with Gasteiger partial charge in [-0.15, -0.1) is 0 Å². The number of urea groups is 1. The van der Waals surface area contributed by atoms with Gasteiger partial charge in [-0.25, -0.2) is 9.69 Å². The van der Waals surface area contributed by atoms with Crippen molar-refractivity contribution in [3.05, 3.63) is 83.3 Å². The number of benzene rings is 2. The fraction of sp³-hybridized carbons (Fsp3) is 0.308. The maximum absolute atomic E-state index is 13.4. The van der Waals surface area contributed by atoms with Crippen molar-refractivity contribution in [2.75, 3.05) is 27.4 Å². The predicted octanol–water partition coefficient (Wildman–Crippen LogP) is 3.67. The van der Waals surface area contributed by atoms with Gasteiger partial charge < -0.3 is 19.2 Å². The van der Waals surface area contributed by atoms with E-state index in [0.29, 0.717) is 23.8 Å². The van der Waals surface area contributed by atoms with Crippen LogP contribution in [0.5, 0.6) is 11.5 Å². The summed E-state index contributed by atoms with van der Waals surface area (Å²) in [6, 6.07) is 16.9. The summed E-state index contributed by atoms with van der Waals surface area (Å²) in [5, 5.41) is 2.81. The first-order valence-electron chi connectivity index (χ1n) is 11.2. The second-order valence-electron chi connectivity index (χ2n) is 8.69. The van der Waals surface area contributed by atoms with Crippen molar-refractivity contribution < 1.29 is 23.5 Å². The lowest BCUT2D eigenvalue weighted by Gasteiger charge is -2.39. The van der Waals surface area contributed by atoms with Crippen molar-refractivity contribution in [3.8, 4) is 11.5 Å². The first kappa shape index (κ1) is 22.0. The zero-order chi connectivity index (χ0) is 23.9. The summed E-state index contributed by atoms with van der Waals surface area (Å²) < 4.78 is 16.5. The van der Waals surface area contributed by atoms with Crippen LogP contribution >= 0.6 is 0 Å². The Morgan fingerprint density at radius 3 is 2.47 bits per heavy atom. The number of methoxy groups -OCH3 is 2. The van der Waals surface area contributed by atoms with Crippen LogP contribution < -0.4 is 14.8 Å². The SMILES string of the molecule is COc1cc2c(cc1OC)[C@@H](c1ccccc1)N(CN1C(=O)N[C@](C)(c3ccco3)C1=O)CC2. The molecule has 8 heteroatoms. The molecule has 2 aliphatic rings. The van der Waals surface area contributed by atoms with E-state index in [9.17, 15) is 9.59 Å². The number of rotatable bonds is 6. The van der Waals surface area contributed by atoms with Gasteiger partial charge in [0, 0.05) is 6.54 Å². The molecule has 0 aliphatic carbocycles. The molecule has 1 saturated heterocycles. The van der Waals surface area contributed by atoms with Crippen molar-refractivity contribution in [2.45, 2.75) is 24.9 Å². The molecular formula is C26H27N3O5. The third-order valence-corrected chi connectivity index (χ3v) is 6.70. The Morgan fingerprint density at radius 1 is 1.06 bits per heavy atom. The summed E-state index contributed by atoms with van der Waals surface area (Å²) in [6.07, 6.45) is 2.25. The minimum atomic E-state index is -1.23. The number of fused-ring (bicyclic) bond motifs is 1. The van der Waals surface area contributed by atoms with Crippen LogP contribution in [0, 0.1) is 0 Å². The van der Waals surface area contributed by atoms with E-state index in [2.05, 4.69) is 22.3 Å². The molecular weight excluding hydrogens is 434 g/mol. The van der Waals surface area contributed by atoms with Gasteiger partial charge in [-0.2, -0.15) is 0 Å². The molecule has 3 heterocycles. The molecule has 0 saturated carbocycles. The molecule has 1 fully saturated rings. The largest absolute Gasteiger partial charge is 0.493 e. The number of furan rings is 1. The Morgan fingerprint density at radius 2 is 1.79 bits per heavy atom. The molecule has 2 atom stereocenters. The van der Waals surface area contributed by atoms with Gasteiger partial charge in [-0.05, 0) is 54.3 Å². The number of nitrogens with zero attached hydrogens (tertiary/aromatic N) is 2. The van der Waals surface area contributed by atoms with Crippen LogP contribution in [-0.4, -0.2) is 49.2 Å². The van der Waals surface area contributed by atoms with Gasteiger partial charge >= 0.3 is 6.03 Å². The van der Waals surface area contributed by atoms with Gasteiger partial charge in [0.25, 0.3) is 5.91 Å². The third kappa shape index (κ3) is 3.51. The van der Waals surface area contributed by atoms with E-state index in [1.807, 2.05) is 30.3 Å². The van der Waals surface area contributed by atoms with E-state index in [-0.39, 0.29) is 18.6 Å². The highest BCUT2D eigenvalue weighted by Gasteiger charge is 2.51. The molecule has 34 heavy (non-hydrogen) atoms. The van der Waals surface area contributed by atoms with Crippen LogP contribution in [0.4, 0.5) is 4.79 Å². The van der Waals surface area contributed by atoms with E-state index in [0.717, 1.165) is 23.1 Å². The van der Waals surface area contributed by atoms with Gasteiger partial charge in [0.2, 0.25) is 0 Å². The van der Waals surface area contributed by atoms with E-state index < -0.39 is 11.6 Å². The van der Waals surface area contributed by atoms with Gasteiger partial charge in [0.1, 0.15) is 5.76 Å². The van der Waals surface area contributed by atoms with Gasteiger partial charge in [-0.3, -0.25) is 9.69 Å². The molecule has 176 valence electrons. The van der Waals surface area contributed by atoms with Crippen LogP contribution in [0.3, 0.4) is 0 Å².